The lowest BCUT2D eigenvalue weighted by atomic mass is 9.97. The van der Waals surface area contributed by atoms with Crippen LogP contribution < -0.4 is 5.73 Å². The standard InChI is InChI=1S/C13H18N2O4/c1-9(13(16)19-2)7-11(14)8-10-3-5-12(6-4-10)15(17)18/h3-6,9,11H,7-8,14H2,1-2H3/t9-,11+/m0/s1. The average molecular weight is 266 g/mol. The van der Waals surface area contributed by atoms with Gasteiger partial charge in [-0.25, -0.2) is 0 Å². The van der Waals surface area contributed by atoms with Crippen LogP contribution in [0.25, 0.3) is 0 Å². The number of esters is 1. The van der Waals surface area contributed by atoms with E-state index in [9.17, 15) is 14.9 Å². The molecule has 0 unspecified atom stereocenters. The second-order valence-corrected chi connectivity index (χ2v) is 4.55. The van der Waals surface area contributed by atoms with E-state index in [1.54, 1.807) is 19.1 Å². The van der Waals surface area contributed by atoms with Gasteiger partial charge < -0.3 is 10.5 Å². The van der Waals surface area contributed by atoms with Gasteiger partial charge in [-0.1, -0.05) is 19.1 Å². The van der Waals surface area contributed by atoms with Gasteiger partial charge in [0.25, 0.3) is 5.69 Å². The zero-order valence-corrected chi connectivity index (χ0v) is 11.0. The highest BCUT2D eigenvalue weighted by Crippen LogP contribution is 2.15. The molecule has 0 aliphatic rings. The molecular weight excluding hydrogens is 248 g/mol. The maximum Gasteiger partial charge on any atom is 0.308 e. The Hall–Kier alpha value is -1.95. The van der Waals surface area contributed by atoms with Crippen molar-refractivity contribution in [3.63, 3.8) is 0 Å². The highest BCUT2D eigenvalue weighted by molar-refractivity contribution is 5.71. The number of ether oxygens (including phenoxy) is 1. The van der Waals surface area contributed by atoms with Gasteiger partial charge in [0.15, 0.2) is 0 Å². The minimum atomic E-state index is -0.441. The molecule has 1 aromatic carbocycles. The Morgan fingerprint density at radius 3 is 2.47 bits per heavy atom. The molecule has 0 heterocycles. The number of carbonyl (C=O) groups is 1. The van der Waals surface area contributed by atoms with E-state index in [4.69, 9.17) is 5.73 Å². The van der Waals surface area contributed by atoms with Crippen LogP contribution in [0.5, 0.6) is 0 Å². The van der Waals surface area contributed by atoms with Crippen LogP contribution in [0, 0.1) is 16.0 Å². The largest absolute Gasteiger partial charge is 0.469 e. The Bertz CT molecular complexity index is 444. The number of nitro groups is 1. The Morgan fingerprint density at radius 2 is 2.00 bits per heavy atom. The number of benzene rings is 1. The smallest absolute Gasteiger partial charge is 0.308 e. The molecule has 0 radical (unpaired) electrons. The van der Waals surface area contributed by atoms with Crippen molar-refractivity contribution in [1.29, 1.82) is 0 Å². The molecule has 0 amide bonds. The van der Waals surface area contributed by atoms with Gasteiger partial charge in [0.2, 0.25) is 0 Å². The zero-order valence-electron chi connectivity index (χ0n) is 11.0. The molecule has 6 heteroatoms. The minimum Gasteiger partial charge on any atom is -0.469 e. The van der Waals surface area contributed by atoms with Crippen molar-refractivity contribution in [3.05, 3.63) is 39.9 Å². The van der Waals surface area contributed by atoms with Gasteiger partial charge in [-0.3, -0.25) is 14.9 Å². The second kappa shape index (κ2) is 6.84. The third kappa shape index (κ3) is 4.67. The zero-order chi connectivity index (χ0) is 14.4. The van der Waals surface area contributed by atoms with E-state index in [0.717, 1.165) is 5.56 Å². The van der Waals surface area contributed by atoms with Crippen molar-refractivity contribution in [1.82, 2.24) is 0 Å². The van der Waals surface area contributed by atoms with Crippen LogP contribution in [0.1, 0.15) is 18.9 Å². The van der Waals surface area contributed by atoms with Crippen LogP contribution in [0.4, 0.5) is 5.69 Å². The van der Waals surface area contributed by atoms with Crippen molar-refractivity contribution >= 4 is 11.7 Å². The number of nitrogens with two attached hydrogens (primary N) is 1. The fourth-order valence-corrected chi connectivity index (χ4v) is 1.89. The summed E-state index contributed by atoms with van der Waals surface area (Å²) in [6.07, 6.45) is 1.09. The fraction of sp³-hybridized carbons (Fsp3) is 0.462. The van der Waals surface area contributed by atoms with Crippen molar-refractivity contribution in [2.24, 2.45) is 11.7 Å². The molecule has 104 valence electrons. The first-order valence-electron chi connectivity index (χ1n) is 6.00. The predicted molar refractivity (Wildman–Crippen MR) is 70.6 cm³/mol. The average Bonchev–Trinajstić information content (AvgIpc) is 2.38. The molecule has 2 N–H and O–H groups in total. The summed E-state index contributed by atoms with van der Waals surface area (Å²) in [6, 6.07) is 6.08. The highest BCUT2D eigenvalue weighted by atomic mass is 16.6. The Balaban J connectivity index is 2.54. The number of hydrogen-bond acceptors (Lipinski definition) is 5. The van der Waals surface area contributed by atoms with Crippen molar-refractivity contribution in [2.75, 3.05) is 7.11 Å². The van der Waals surface area contributed by atoms with E-state index in [0.29, 0.717) is 12.8 Å². The molecule has 1 rings (SSSR count). The Labute approximate surface area is 111 Å². The lowest BCUT2D eigenvalue weighted by Crippen LogP contribution is -2.28. The minimum absolute atomic E-state index is 0.0558. The summed E-state index contributed by atoms with van der Waals surface area (Å²) in [7, 11) is 1.35. The molecule has 0 saturated heterocycles. The van der Waals surface area contributed by atoms with Gasteiger partial charge in [-0.2, -0.15) is 0 Å². The normalized spacial score (nSPS) is 13.6. The van der Waals surface area contributed by atoms with Gasteiger partial charge >= 0.3 is 5.97 Å². The third-order valence-corrected chi connectivity index (χ3v) is 2.90. The van der Waals surface area contributed by atoms with Crippen LogP contribution in [0.3, 0.4) is 0 Å². The maximum absolute atomic E-state index is 11.3. The number of nitro benzene ring substituents is 1. The second-order valence-electron chi connectivity index (χ2n) is 4.55. The molecule has 2 atom stereocenters. The van der Waals surface area contributed by atoms with Crippen LogP contribution in [-0.2, 0) is 16.0 Å². The molecule has 0 bridgehead atoms. The van der Waals surface area contributed by atoms with Crippen molar-refractivity contribution in [2.45, 2.75) is 25.8 Å². The van der Waals surface area contributed by atoms with E-state index in [1.165, 1.54) is 19.2 Å². The van der Waals surface area contributed by atoms with E-state index >= 15 is 0 Å². The number of nitrogens with zero attached hydrogens (tertiary/aromatic N) is 1. The molecule has 6 nitrogen and oxygen atoms in total. The van der Waals surface area contributed by atoms with Crippen molar-refractivity contribution in [3.8, 4) is 0 Å². The van der Waals surface area contributed by atoms with E-state index in [2.05, 4.69) is 4.74 Å². The quantitative estimate of drug-likeness (QED) is 0.480. The Kier molecular flexibility index (Phi) is 5.44. The van der Waals surface area contributed by atoms with Gasteiger partial charge in [0, 0.05) is 18.2 Å². The van der Waals surface area contributed by atoms with Crippen molar-refractivity contribution < 1.29 is 14.5 Å². The van der Waals surface area contributed by atoms with Gasteiger partial charge in [-0.15, -0.1) is 0 Å². The van der Waals surface area contributed by atoms with Crippen LogP contribution in [0.15, 0.2) is 24.3 Å². The lowest BCUT2D eigenvalue weighted by molar-refractivity contribution is -0.384. The summed E-state index contributed by atoms with van der Waals surface area (Å²) in [5.74, 6) is -0.530. The van der Waals surface area contributed by atoms with Crippen LogP contribution >= 0.6 is 0 Å². The molecule has 0 spiro atoms. The molecule has 0 fully saturated rings. The van der Waals surface area contributed by atoms with E-state index in [-0.39, 0.29) is 23.6 Å². The summed E-state index contributed by atoms with van der Waals surface area (Å²) in [5, 5.41) is 10.5. The number of methoxy groups -OCH3 is 1. The van der Waals surface area contributed by atoms with Crippen LogP contribution in [-0.4, -0.2) is 24.0 Å². The molecule has 0 saturated carbocycles. The fourth-order valence-electron chi connectivity index (χ4n) is 1.89. The molecule has 0 aliphatic carbocycles. The number of non-ortho nitro benzene ring substituents is 1. The Morgan fingerprint density at radius 1 is 1.42 bits per heavy atom. The summed E-state index contributed by atoms with van der Waals surface area (Å²) in [4.78, 5) is 21.3. The summed E-state index contributed by atoms with van der Waals surface area (Å²) < 4.78 is 4.64. The molecular formula is C13H18N2O4. The molecule has 0 aliphatic heterocycles. The van der Waals surface area contributed by atoms with Gasteiger partial charge in [0.05, 0.1) is 18.0 Å². The highest BCUT2D eigenvalue weighted by Gasteiger charge is 2.17. The molecule has 0 aromatic heterocycles. The molecule has 1 aromatic rings. The van der Waals surface area contributed by atoms with Crippen LogP contribution in [0.2, 0.25) is 0 Å². The SMILES string of the molecule is COC(=O)[C@@H](C)C[C@@H](N)Cc1ccc([N+](=O)[O-])cc1. The summed E-state index contributed by atoms with van der Waals surface area (Å²) in [5.41, 5.74) is 6.92. The number of hydrogen-bond donors (Lipinski definition) is 1. The molecule has 19 heavy (non-hydrogen) atoms. The maximum atomic E-state index is 11.3. The lowest BCUT2D eigenvalue weighted by Gasteiger charge is -2.15. The third-order valence-electron chi connectivity index (χ3n) is 2.90. The monoisotopic (exact) mass is 266 g/mol. The topological polar surface area (TPSA) is 95.5 Å². The first-order valence-corrected chi connectivity index (χ1v) is 6.00. The predicted octanol–water partition coefficient (Wildman–Crippen LogP) is 1.66. The van der Waals surface area contributed by atoms with Gasteiger partial charge in [0.1, 0.15) is 0 Å². The first-order chi connectivity index (χ1) is 8.93. The summed E-state index contributed by atoms with van der Waals surface area (Å²) >= 11 is 0. The van der Waals surface area contributed by atoms with Gasteiger partial charge in [-0.05, 0) is 18.4 Å². The van der Waals surface area contributed by atoms with E-state index in [1.807, 2.05) is 0 Å². The van der Waals surface area contributed by atoms with E-state index < -0.39 is 4.92 Å². The first kappa shape index (κ1) is 15.1. The summed E-state index contributed by atoms with van der Waals surface area (Å²) in [6.45, 7) is 1.77. The number of rotatable bonds is 6. The number of carbonyl (C=O) groups excluding carboxylic acids is 1.